The lowest BCUT2D eigenvalue weighted by molar-refractivity contribution is 0.373. The van der Waals surface area contributed by atoms with Gasteiger partial charge in [-0.3, -0.25) is 4.99 Å². The molecule has 0 fully saturated rings. The summed E-state index contributed by atoms with van der Waals surface area (Å²) in [6.45, 7) is 0.0800. The van der Waals surface area contributed by atoms with E-state index in [-0.39, 0.29) is 12.3 Å². The molecule has 0 heterocycles. The second kappa shape index (κ2) is 4.87. The summed E-state index contributed by atoms with van der Waals surface area (Å²) in [5, 5.41) is 17.9. The highest BCUT2D eigenvalue weighted by molar-refractivity contribution is 5.84. The van der Waals surface area contributed by atoms with Crippen molar-refractivity contribution in [2.45, 2.75) is 0 Å². The number of aliphatic imine (C=N–C) groups is 1. The van der Waals surface area contributed by atoms with Crippen LogP contribution in [0.2, 0.25) is 0 Å². The molecule has 0 atom stereocenters. The van der Waals surface area contributed by atoms with Crippen molar-refractivity contribution in [3.8, 4) is 17.6 Å². The first-order chi connectivity index (χ1) is 6.79. The minimum absolute atomic E-state index is 0.0386. The molecule has 0 amide bonds. The summed E-state index contributed by atoms with van der Waals surface area (Å²) in [5.74, 6) is 0.433. The van der Waals surface area contributed by atoms with E-state index in [0.29, 0.717) is 11.3 Å². The number of para-hydroxylation sites is 1. The van der Waals surface area contributed by atoms with Crippen LogP contribution in [0.1, 0.15) is 5.56 Å². The molecule has 4 heteroatoms. The van der Waals surface area contributed by atoms with Crippen LogP contribution in [0.5, 0.6) is 11.5 Å². The zero-order valence-electron chi connectivity index (χ0n) is 7.77. The van der Waals surface area contributed by atoms with Gasteiger partial charge in [0.2, 0.25) is 0 Å². The highest BCUT2D eigenvalue weighted by atomic mass is 16.5. The molecular formula is C10H10N2O2. The van der Waals surface area contributed by atoms with Gasteiger partial charge < -0.3 is 9.84 Å². The molecule has 1 aromatic carbocycles. The van der Waals surface area contributed by atoms with Crippen molar-refractivity contribution in [2.75, 3.05) is 13.7 Å². The number of nitrogens with zero attached hydrogens (tertiary/aromatic N) is 2. The molecule has 4 nitrogen and oxygen atoms in total. The van der Waals surface area contributed by atoms with Crippen LogP contribution in [0.15, 0.2) is 23.2 Å². The first-order valence-corrected chi connectivity index (χ1v) is 4.02. The number of nitriles is 1. The number of hydrogen-bond donors (Lipinski definition) is 1. The van der Waals surface area contributed by atoms with Crippen molar-refractivity contribution in [1.82, 2.24) is 0 Å². The molecule has 0 aliphatic heterocycles. The van der Waals surface area contributed by atoms with E-state index >= 15 is 0 Å². The fraction of sp³-hybridized carbons (Fsp3) is 0.200. The number of methoxy groups -OCH3 is 1. The second-order valence-corrected chi connectivity index (χ2v) is 2.53. The van der Waals surface area contributed by atoms with Crippen molar-refractivity contribution in [2.24, 2.45) is 4.99 Å². The lowest BCUT2D eigenvalue weighted by Crippen LogP contribution is -1.88. The molecular weight excluding hydrogens is 180 g/mol. The summed E-state index contributed by atoms with van der Waals surface area (Å²) in [5.41, 5.74) is 0.541. The second-order valence-electron chi connectivity index (χ2n) is 2.53. The summed E-state index contributed by atoms with van der Waals surface area (Å²) in [6, 6.07) is 6.96. The fourth-order valence-electron chi connectivity index (χ4n) is 0.993. The van der Waals surface area contributed by atoms with Gasteiger partial charge in [0.1, 0.15) is 6.54 Å². The molecule has 0 bridgehead atoms. The average molecular weight is 190 g/mol. The van der Waals surface area contributed by atoms with Gasteiger partial charge in [-0.15, -0.1) is 0 Å². The van der Waals surface area contributed by atoms with Crippen molar-refractivity contribution in [3.05, 3.63) is 23.8 Å². The maximum Gasteiger partial charge on any atom is 0.166 e. The number of phenolic OH excluding ortho intramolecular Hbond substituents is 1. The number of ether oxygens (including phenoxy) is 1. The van der Waals surface area contributed by atoms with Crippen molar-refractivity contribution >= 4 is 6.21 Å². The van der Waals surface area contributed by atoms with Gasteiger partial charge in [-0.25, -0.2) is 0 Å². The van der Waals surface area contributed by atoms with Gasteiger partial charge in [0.05, 0.1) is 13.2 Å². The third-order valence-electron chi connectivity index (χ3n) is 1.64. The van der Waals surface area contributed by atoms with E-state index in [1.54, 1.807) is 18.2 Å². The zero-order chi connectivity index (χ0) is 10.4. The first-order valence-electron chi connectivity index (χ1n) is 4.02. The smallest absolute Gasteiger partial charge is 0.166 e. The summed E-state index contributed by atoms with van der Waals surface area (Å²) >= 11 is 0. The Hall–Kier alpha value is -2.02. The van der Waals surface area contributed by atoms with E-state index in [4.69, 9.17) is 10.00 Å². The zero-order valence-corrected chi connectivity index (χ0v) is 7.77. The fourth-order valence-corrected chi connectivity index (χ4v) is 0.993. The van der Waals surface area contributed by atoms with Crippen LogP contribution < -0.4 is 4.74 Å². The van der Waals surface area contributed by atoms with Gasteiger partial charge in [0.25, 0.3) is 0 Å². The van der Waals surface area contributed by atoms with Gasteiger partial charge in [0, 0.05) is 11.8 Å². The number of rotatable bonds is 3. The molecule has 0 radical (unpaired) electrons. The summed E-state index contributed by atoms with van der Waals surface area (Å²) in [6.07, 6.45) is 1.45. The molecule has 0 aliphatic rings. The van der Waals surface area contributed by atoms with Crippen molar-refractivity contribution in [3.63, 3.8) is 0 Å². The maximum atomic E-state index is 9.59. The largest absolute Gasteiger partial charge is 0.504 e. The van der Waals surface area contributed by atoms with Crippen LogP contribution in [-0.2, 0) is 0 Å². The topological polar surface area (TPSA) is 65.6 Å². The van der Waals surface area contributed by atoms with Gasteiger partial charge >= 0.3 is 0 Å². The predicted octanol–water partition coefficient (Wildman–Crippen LogP) is 1.34. The highest BCUT2D eigenvalue weighted by Crippen LogP contribution is 2.27. The summed E-state index contributed by atoms with van der Waals surface area (Å²) in [7, 11) is 1.48. The SMILES string of the molecule is COc1cccc(C=NCC#N)c1O. The third kappa shape index (κ3) is 2.23. The summed E-state index contributed by atoms with van der Waals surface area (Å²) < 4.78 is 4.92. The minimum Gasteiger partial charge on any atom is -0.504 e. The predicted molar refractivity (Wildman–Crippen MR) is 52.7 cm³/mol. The minimum atomic E-state index is 0.0386. The number of benzene rings is 1. The highest BCUT2D eigenvalue weighted by Gasteiger charge is 2.03. The van der Waals surface area contributed by atoms with E-state index in [2.05, 4.69) is 4.99 Å². The van der Waals surface area contributed by atoms with Crippen LogP contribution in [0.25, 0.3) is 0 Å². The lowest BCUT2D eigenvalue weighted by Gasteiger charge is -2.04. The third-order valence-corrected chi connectivity index (χ3v) is 1.64. The molecule has 1 rings (SSSR count). The molecule has 1 aromatic rings. The first kappa shape index (κ1) is 10.1. The summed E-state index contributed by atoms with van der Waals surface area (Å²) in [4.78, 5) is 3.79. The van der Waals surface area contributed by atoms with Gasteiger partial charge in [0.15, 0.2) is 11.5 Å². The molecule has 0 spiro atoms. The van der Waals surface area contributed by atoms with Gasteiger partial charge in [-0.2, -0.15) is 5.26 Å². The standard InChI is InChI=1S/C10H10N2O2/c1-14-9-4-2-3-8(10(9)13)7-12-6-5-11/h2-4,7,13H,6H2,1H3. The van der Waals surface area contributed by atoms with Crippen molar-refractivity contribution < 1.29 is 9.84 Å². The number of hydrogen-bond acceptors (Lipinski definition) is 4. The molecule has 0 saturated heterocycles. The molecule has 0 aliphatic carbocycles. The van der Waals surface area contributed by atoms with Gasteiger partial charge in [-0.1, -0.05) is 6.07 Å². The Morgan fingerprint density at radius 2 is 2.43 bits per heavy atom. The quantitative estimate of drug-likeness (QED) is 0.577. The van der Waals surface area contributed by atoms with Gasteiger partial charge in [-0.05, 0) is 12.1 Å². The van der Waals surface area contributed by atoms with E-state index in [0.717, 1.165) is 0 Å². The number of aromatic hydroxyl groups is 1. The van der Waals surface area contributed by atoms with Crippen LogP contribution in [0.4, 0.5) is 0 Å². The van der Waals surface area contributed by atoms with Crippen LogP contribution >= 0.6 is 0 Å². The Kier molecular flexibility index (Phi) is 3.50. The van der Waals surface area contributed by atoms with Crippen molar-refractivity contribution in [1.29, 1.82) is 5.26 Å². The van der Waals surface area contributed by atoms with E-state index in [9.17, 15) is 5.11 Å². The Labute approximate surface area is 82.1 Å². The van der Waals surface area contributed by atoms with E-state index in [1.807, 2.05) is 6.07 Å². The molecule has 1 N–H and O–H groups in total. The average Bonchev–Trinajstić information content (AvgIpc) is 2.21. The molecule has 0 unspecified atom stereocenters. The van der Waals surface area contributed by atoms with Crippen LogP contribution in [-0.4, -0.2) is 25.0 Å². The van der Waals surface area contributed by atoms with E-state index in [1.165, 1.54) is 13.3 Å². The molecule has 72 valence electrons. The van der Waals surface area contributed by atoms with Crippen LogP contribution in [0, 0.1) is 11.3 Å². The van der Waals surface area contributed by atoms with E-state index < -0.39 is 0 Å². The number of phenols is 1. The Morgan fingerprint density at radius 1 is 1.64 bits per heavy atom. The molecule has 0 aromatic heterocycles. The monoisotopic (exact) mass is 190 g/mol. The Balaban J connectivity index is 2.93. The molecule has 0 saturated carbocycles. The lowest BCUT2D eigenvalue weighted by atomic mass is 10.2. The Bertz CT molecular complexity index is 380. The maximum absolute atomic E-state index is 9.59. The van der Waals surface area contributed by atoms with Crippen LogP contribution in [0.3, 0.4) is 0 Å². The Morgan fingerprint density at radius 3 is 3.07 bits per heavy atom. The molecule has 14 heavy (non-hydrogen) atoms. The normalized spacial score (nSPS) is 10.0.